The lowest BCUT2D eigenvalue weighted by atomic mass is 10.0. The van der Waals surface area contributed by atoms with Gasteiger partial charge in [-0.2, -0.15) is 0 Å². The van der Waals surface area contributed by atoms with Crippen LogP contribution < -0.4 is 20.3 Å². The lowest BCUT2D eigenvalue weighted by Crippen LogP contribution is -2.43. The van der Waals surface area contributed by atoms with E-state index in [9.17, 15) is 13.6 Å². The fraction of sp³-hybridized carbons (Fsp3) is 0.455. The number of amides is 1. The Morgan fingerprint density at radius 1 is 1.31 bits per heavy atom. The summed E-state index contributed by atoms with van der Waals surface area (Å²) >= 11 is 0. The molecule has 3 aliphatic heterocycles. The standard InChI is InChI=1S/C22H25F2N5O3/c1-12-5-6-28(19(12)21(25)30)14-3-4-15-17(9-14)31-8-7-27-10-18(26-22(15)27)29-13(2)32-11-16(29)20(23)24/h3-4,9-10,12,16,19-20H,2,5-8,11H2,1H3,(H2,25,30)/t12-,16+,19+/m1/s1. The number of fused-ring (bicyclic) bond motifs is 3. The van der Waals surface area contributed by atoms with Crippen molar-refractivity contribution in [1.29, 1.82) is 0 Å². The molecule has 2 N–H and O–H groups in total. The molecular weight excluding hydrogens is 420 g/mol. The van der Waals surface area contributed by atoms with Gasteiger partial charge in [-0.15, -0.1) is 0 Å². The minimum Gasteiger partial charge on any atom is -0.491 e. The number of carbonyl (C=O) groups excluding carboxylic acids is 1. The molecule has 1 amide bonds. The zero-order chi connectivity index (χ0) is 22.6. The first kappa shape index (κ1) is 20.6. The van der Waals surface area contributed by atoms with Crippen molar-refractivity contribution < 1.29 is 23.0 Å². The Hall–Kier alpha value is -3.30. The monoisotopic (exact) mass is 445 g/mol. The van der Waals surface area contributed by atoms with E-state index in [1.807, 2.05) is 34.6 Å². The molecule has 1 aromatic heterocycles. The number of aromatic nitrogens is 2. The van der Waals surface area contributed by atoms with Crippen LogP contribution in [0, 0.1) is 5.92 Å². The van der Waals surface area contributed by atoms with Crippen LogP contribution in [0.25, 0.3) is 11.4 Å². The van der Waals surface area contributed by atoms with E-state index in [0.717, 1.165) is 24.2 Å². The van der Waals surface area contributed by atoms with Crippen molar-refractivity contribution in [2.45, 2.75) is 38.4 Å². The molecule has 0 aliphatic carbocycles. The second kappa shape index (κ2) is 7.68. The number of primary amides is 1. The minimum atomic E-state index is -2.59. The first-order chi connectivity index (χ1) is 15.3. The molecule has 2 aromatic rings. The van der Waals surface area contributed by atoms with Crippen LogP contribution in [0.5, 0.6) is 5.75 Å². The minimum absolute atomic E-state index is 0.128. The molecule has 0 unspecified atom stereocenters. The number of halogens is 2. The summed E-state index contributed by atoms with van der Waals surface area (Å²) in [5.74, 6) is 1.61. The van der Waals surface area contributed by atoms with E-state index >= 15 is 0 Å². The van der Waals surface area contributed by atoms with Crippen LogP contribution >= 0.6 is 0 Å². The highest BCUT2D eigenvalue weighted by molar-refractivity contribution is 5.85. The molecule has 2 saturated heterocycles. The van der Waals surface area contributed by atoms with E-state index in [-0.39, 0.29) is 30.4 Å². The van der Waals surface area contributed by atoms with Gasteiger partial charge in [0.25, 0.3) is 6.43 Å². The SMILES string of the molecule is C=C1OC[C@@H](C(F)F)N1c1cn2c(n1)-c1ccc(N3CC[C@@H](C)[C@H]3C(N)=O)cc1OCC2. The predicted octanol–water partition coefficient (Wildman–Crippen LogP) is 2.58. The number of benzene rings is 1. The number of carbonyl (C=O) groups is 1. The number of anilines is 2. The number of hydrogen-bond acceptors (Lipinski definition) is 6. The van der Waals surface area contributed by atoms with Gasteiger partial charge in [0.15, 0.2) is 11.7 Å². The summed E-state index contributed by atoms with van der Waals surface area (Å²) in [6, 6.07) is 4.22. The molecule has 2 fully saturated rings. The van der Waals surface area contributed by atoms with Gasteiger partial charge in [-0.05, 0) is 31.1 Å². The van der Waals surface area contributed by atoms with Gasteiger partial charge in [-0.1, -0.05) is 6.92 Å². The van der Waals surface area contributed by atoms with E-state index in [1.165, 1.54) is 4.90 Å². The Morgan fingerprint density at radius 3 is 2.88 bits per heavy atom. The molecule has 3 atom stereocenters. The average Bonchev–Trinajstić information content (AvgIpc) is 3.42. The second-order valence-electron chi connectivity index (χ2n) is 8.43. The maximum Gasteiger partial charge on any atom is 0.262 e. The first-order valence-corrected chi connectivity index (χ1v) is 10.6. The molecule has 0 bridgehead atoms. The molecule has 1 aromatic carbocycles. The summed E-state index contributed by atoms with van der Waals surface area (Å²) in [7, 11) is 0. The van der Waals surface area contributed by atoms with Crippen LogP contribution in [0.1, 0.15) is 13.3 Å². The second-order valence-corrected chi connectivity index (χ2v) is 8.43. The van der Waals surface area contributed by atoms with Crippen molar-refractivity contribution in [2.75, 3.05) is 29.6 Å². The number of nitrogens with two attached hydrogens (primary N) is 1. The van der Waals surface area contributed by atoms with E-state index < -0.39 is 12.5 Å². The summed E-state index contributed by atoms with van der Waals surface area (Å²) < 4.78 is 40.1. The van der Waals surface area contributed by atoms with Crippen molar-refractivity contribution in [3.63, 3.8) is 0 Å². The van der Waals surface area contributed by atoms with Crippen molar-refractivity contribution in [3.8, 4) is 17.1 Å². The van der Waals surface area contributed by atoms with Gasteiger partial charge in [0, 0.05) is 24.5 Å². The molecule has 10 heteroatoms. The zero-order valence-electron chi connectivity index (χ0n) is 17.7. The van der Waals surface area contributed by atoms with Gasteiger partial charge in [0.05, 0.1) is 12.1 Å². The molecule has 32 heavy (non-hydrogen) atoms. The van der Waals surface area contributed by atoms with Crippen molar-refractivity contribution in [3.05, 3.63) is 36.9 Å². The van der Waals surface area contributed by atoms with Crippen LogP contribution in [-0.2, 0) is 16.1 Å². The topological polar surface area (TPSA) is 85.9 Å². The van der Waals surface area contributed by atoms with Crippen LogP contribution in [0.2, 0.25) is 0 Å². The Kier molecular flexibility index (Phi) is 4.94. The van der Waals surface area contributed by atoms with Crippen molar-refractivity contribution in [1.82, 2.24) is 9.55 Å². The highest BCUT2D eigenvalue weighted by Gasteiger charge is 2.39. The Morgan fingerprint density at radius 2 is 2.12 bits per heavy atom. The Bertz CT molecular complexity index is 1070. The highest BCUT2D eigenvalue weighted by atomic mass is 19.3. The number of nitrogens with zero attached hydrogens (tertiary/aromatic N) is 4. The predicted molar refractivity (Wildman–Crippen MR) is 115 cm³/mol. The van der Waals surface area contributed by atoms with Crippen LogP contribution in [0.3, 0.4) is 0 Å². The molecule has 5 rings (SSSR count). The molecule has 8 nitrogen and oxygen atoms in total. The van der Waals surface area contributed by atoms with E-state index in [0.29, 0.717) is 30.5 Å². The van der Waals surface area contributed by atoms with Gasteiger partial charge < -0.3 is 24.7 Å². The third-order valence-electron chi connectivity index (χ3n) is 6.44. The van der Waals surface area contributed by atoms with E-state index in [1.54, 1.807) is 6.20 Å². The van der Waals surface area contributed by atoms with Crippen molar-refractivity contribution >= 4 is 17.4 Å². The fourth-order valence-corrected chi connectivity index (χ4v) is 4.82. The largest absolute Gasteiger partial charge is 0.491 e. The molecule has 4 heterocycles. The lowest BCUT2D eigenvalue weighted by molar-refractivity contribution is -0.119. The number of ether oxygens (including phenoxy) is 2. The fourth-order valence-electron chi connectivity index (χ4n) is 4.82. The number of alkyl halides is 2. The summed E-state index contributed by atoms with van der Waals surface area (Å²) in [5, 5.41) is 0. The molecule has 0 radical (unpaired) electrons. The maximum atomic E-state index is 13.5. The Labute approximate surface area is 184 Å². The molecular formula is C22H25F2N5O3. The van der Waals surface area contributed by atoms with Gasteiger partial charge in [-0.25, -0.2) is 13.8 Å². The quantitative estimate of drug-likeness (QED) is 0.779. The average molecular weight is 445 g/mol. The summed E-state index contributed by atoms with van der Waals surface area (Å²) in [6.07, 6.45) is 0.0178. The zero-order valence-corrected chi connectivity index (χ0v) is 17.7. The summed E-state index contributed by atoms with van der Waals surface area (Å²) in [5.41, 5.74) is 7.25. The summed E-state index contributed by atoms with van der Waals surface area (Å²) in [4.78, 5) is 20.0. The highest BCUT2D eigenvalue weighted by Crippen LogP contribution is 2.40. The van der Waals surface area contributed by atoms with Gasteiger partial charge in [0.2, 0.25) is 5.91 Å². The third kappa shape index (κ3) is 3.25. The lowest BCUT2D eigenvalue weighted by Gasteiger charge is -2.27. The van der Waals surface area contributed by atoms with Gasteiger partial charge >= 0.3 is 0 Å². The first-order valence-electron chi connectivity index (χ1n) is 10.6. The van der Waals surface area contributed by atoms with Crippen molar-refractivity contribution in [2.24, 2.45) is 11.7 Å². The van der Waals surface area contributed by atoms with Crippen LogP contribution in [0.4, 0.5) is 20.3 Å². The third-order valence-corrected chi connectivity index (χ3v) is 6.44. The van der Waals surface area contributed by atoms with Crippen LogP contribution in [-0.4, -0.2) is 53.7 Å². The maximum absolute atomic E-state index is 13.5. The van der Waals surface area contributed by atoms with E-state index in [2.05, 4.69) is 11.6 Å². The molecule has 170 valence electrons. The smallest absolute Gasteiger partial charge is 0.262 e. The summed E-state index contributed by atoms with van der Waals surface area (Å²) in [6.45, 7) is 7.29. The Balaban J connectivity index is 1.51. The number of rotatable bonds is 4. The van der Waals surface area contributed by atoms with E-state index in [4.69, 9.17) is 15.2 Å². The molecule has 3 aliphatic rings. The number of hydrogen-bond donors (Lipinski definition) is 1. The number of imidazole rings is 1. The molecule has 0 saturated carbocycles. The van der Waals surface area contributed by atoms with Gasteiger partial charge in [-0.3, -0.25) is 9.69 Å². The van der Waals surface area contributed by atoms with Gasteiger partial charge in [0.1, 0.15) is 36.9 Å². The molecule has 0 spiro atoms. The normalized spacial score (nSPS) is 24.8. The van der Waals surface area contributed by atoms with Crippen LogP contribution in [0.15, 0.2) is 36.9 Å².